The van der Waals surface area contributed by atoms with Crippen molar-refractivity contribution in [1.29, 1.82) is 0 Å². The van der Waals surface area contributed by atoms with E-state index in [2.05, 4.69) is 15.5 Å². The van der Waals surface area contributed by atoms with E-state index in [1.165, 1.54) is 32.1 Å². The summed E-state index contributed by atoms with van der Waals surface area (Å²) in [5.41, 5.74) is 0. The lowest BCUT2D eigenvalue weighted by Crippen LogP contribution is -2.50. The minimum Gasteiger partial charge on any atom is -0.354 e. The van der Waals surface area contributed by atoms with Crippen LogP contribution in [0.25, 0.3) is 0 Å². The molecule has 2 saturated heterocycles. The SMILES string of the molecule is O=C(CN1CC[C@@H]2CCCC[C@@H]2C1)N[C@H]1CCCCNC1=O. The molecule has 3 aliphatic rings. The summed E-state index contributed by atoms with van der Waals surface area (Å²) in [6.07, 6.45) is 9.46. The summed E-state index contributed by atoms with van der Waals surface area (Å²) in [6, 6.07) is -0.331. The molecule has 0 bridgehead atoms. The molecule has 0 aromatic carbocycles. The Hall–Kier alpha value is -1.10. The highest BCUT2D eigenvalue weighted by atomic mass is 16.2. The number of fused-ring (bicyclic) bond motifs is 1. The maximum atomic E-state index is 12.3. The molecule has 2 heterocycles. The van der Waals surface area contributed by atoms with Crippen LogP contribution in [0.2, 0.25) is 0 Å². The maximum absolute atomic E-state index is 12.3. The number of hydrogen-bond acceptors (Lipinski definition) is 3. The molecule has 124 valence electrons. The van der Waals surface area contributed by atoms with Crippen LogP contribution in [-0.4, -0.2) is 48.9 Å². The standard InChI is InChI=1S/C17H29N3O2/c21-16(19-15-7-3-4-9-18-17(15)22)12-20-10-8-13-5-1-2-6-14(13)11-20/h13-15H,1-12H2,(H,18,22)(H,19,21)/t13-,14+,15-/m0/s1. The lowest BCUT2D eigenvalue weighted by atomic mass is 9.75. The van der Waals surface area contributed by atoms with Crippen molar-refractivity contribution in [2.24, 2.45) is 11.8 Å². The Morgan fingerprint density at radius 1 is 1.09 bits per heavy atom. The predicted octanol–water partition coefficient (Wildman–Crippen LogP) is 1.28. The zero-order valence-corrected chi connectivity index (χ0v) is 13.5. The number of amides is 2. The van der Waals surface area contributed by atoms with Gasteiger partial charge in [0, 0.05) is 13.1 Å². The van der Waals surface area contributed by atoms with Gasteiger partial charge < -0.3 is 10.6 Å². The van der Waals surface area contributed by atoms with E-state index in [9.17, 15) is 9.59 Å². The number of likely N-dealkylation sites (tertiary alicyclic amines) is 1. The highest BCUT2D eigenvalue weighted by molar-refractivity contribution is 5.88. The zero-order chi connectivity index (χ0) is 15.4. The Morgan fingerprint density at radius 3 is 2.73 bits per heavy atom. The molecule has 1 saturated carbocycles. The van der Waals surface area contributed by atoms with Gasteiger partial charge in [-0.2, -0.15) is 0 Å². The van der Waals surface area contributed by atoms with Crippen LogP contribution in [0.1, 0.15) is 51.4 Å². The van der Waals surface area contributed by atoms with Crippen LogP contribution in [0.3, 0.4) is 0 Å². The maximum Gasteiger partial charge on any atom is 0.242 e. The summed E-state index contributed by atoms with van der Waals surface area (Å²) in [5, 5.41) is 5.81. The van der Waals surface area contributed by atoms with E-state index in [0.717, 1.165) is 50.7 Å². The van der Waals surface area contributed by atoms with Gasteiger partial charge >= 0.3 is 0 Å². The van der Waals surface area contributed by atoms with E-state index in [1.54, 1.807) is 0 Å². The molecule has 1 aliphatic carbocycles. The van der Waals surface area contributed by atoms with Gasteiger partial charge in [0.05, 0.1) is 6.54 Å². The van der Waals surface area contributed by atoms with Crippen LogP contribution in [-0.2, 0) is 9.59 Å². The lowest BCUT2D eigenvalue weighted by Gasteiger charge is -2.41. The van der Waals surface area contributed by atoms with E-state index < -0.39 is 0 Å². The van der Waals surface area contributed by atoms with E-state index in [1.807, 2.05) is 0 Å². The fourth-order valence-corrected chi connectivity index (χ4v) is 4.34. The molecule has 2 aliphatic heterocycles. The number of hydrogen-bond donors (Lipinski definition) is 2. The first-order chi connectivity index (χ1) is 10.7. The van der Waals surface area contributed by atoms with Crippen molar-refractivity contribution < 1.29 is 9.59 Å². The van der Waals surface area contributed by atoms with Crippen molar-refractivity contribution in [2.75, 3.05) is 26.2 Å². The predicted molar refractivity (Wildman–Crippen MR) is 85.3 cm³/mol. The number of carbonyl (C=O) groups is 2. The minimum atomic E-state index is -0.331. The molecule has 0 aromatic rings. The first-order valence-corrected chi connectivity index (χ1v) is 9.02. The summed E-state index contributed by atoms with van der Waals surface area (Å²) in [6.45, 7) is 3.29. The van der Waals surface area contributed by atoms with Crippen molar-refractivity contribution in [1.82, 2.24) is 15.5 Å². The Morgan fingerprint density at radius 2 is 1.86 bits per heavy atom. The third kappa shape index (κ3) is 4.00. The number of rotatable bonds is 3. The Labute approximate surface area is 133 Å². The molecule has 2 N–H and O–H groups in total. The van der Waals surface area contributed by atoms with Crippen molar-refractivity contribution in [3.63, 3.8) is 0 Å². The van der Waals surface area contributed by atoms with E-state index in [0.29, 0.717) is 6.54 Å². The zero-order valence-electron chi connectivity index (χ0n) is 13.5. The minimum absolute atomic E-state index is 0.0105. The number of piperidine rings is 1. The van der Waals surface area contributed by atoms with Gasteiger partial charge in [-0.1, -0.05) is 19.3 Å². The second kappa shape index (κ2) is 7.44. The van der Waals surface area contributed by atoms with Crippen molar-refractivity contribution in [2.45, 2.75) is 57.4 Å². The van der Waals surface area contributed by atoms with Gasteiger partial charge in [-0.05, 0) is 50.5 Å². The third-order valence-electron chi connectivity index (χ3n) is 5.61. The summed E-state index contributed by atoms with van der Waals surface area (Å²) >= 11 is 0. The van der Waals surface area contributed by atoms with Crippen LogP contribution in [0.4, 0.5) is 0 Å². The molecule has 5 heteroatoms. The van der Waals surface area contributed by atoms with Gasteiger partial charge in [0.1, 0.15) is 6.04 Å². The van der Waals surface area contributed by atoms with E-state index in [-0.39, 0.29) is 17.9 Å². The molecule has 2 amide bonds. The second-order valence-corrected chi connectivity index (χ2v) is 7.24. The molecule has 5 nitrogen and oxygen atoms in total. The summed E-state index contributed by atoms with van der Waals surface area (Å²) < 4.78 is 0. The van der Waals surface area contributed by atoms with Gasteiger partial charge in [0.2, 0.25) is 11.8 Å². The van der Waals surface area contributed by atoms with Gasteiger partial charge in [0.15, 0.2) is 0 Å². The van der Waals surface area contributed by atoms with Crippen LogP contribution in [0, 0.1) is 11.8 Å². The largest absolute Gasteiger partial charge is 0.354 e. The average Bonchev–Trinajstić information content (AvgIpc) is 2.72. The third-order valence-corrected chi connectivity index (χ3v) is 5.61. The van der Waals surface area contributed by atoms with Crippen LogP contribution in [0.15, 0.2) is 0 Å². The molecule has 22 heavy (non-hydrogen) atoms. The second-order valence-electron chi connectivity index (χ2n) is 7.24. The van der Waals surface area contributed by atoms with E-state index in [4.69, 9.17) is 0 Å². The van der Waals surface area contributed by atoms with Gasteiger partial charge in [-0.15, -0.1) is 0 Å². The molecule has 0 aromatic heterocycles. The van der Waals surface area contributed by atoms with Crippen LogP contribution in [0.5, 0.6) is 0 Å². The smallest absolute Gasteiger partial charge is 0.242 e. The molecule has 0 radical (unpaired) electrons. The number of nitrogens with zero attached hydrogens (tertiary/aromatic N) is 1. The van der Waals surface area contributed by atoms with Crippen LogP contribution >= 0.6 is 0 Å². The molecule has 3 fully saturated rings. The van der Waals surface area contributed by atoms with Crippen molar-refractivity contribution >= 4 is 11.8 Å². The highest BCUT2D eigenvalue weighted by Crippen LogP contribution is 2.35. The summed E-state index contributed by atoms with van der Waals surface area (Å²) in [7, 11) is 0. The molecule has 3 atom stereocenters. The molecule has 3 rings (SSSR count). The van der Waals surface area contributed by atoms with Crippen molar-refractivity contribution in [3.8, 4) is 0 Å². The van der Waals surface area contributed by atoms with Gasteiger partial charge in [-0.25, -0.2) is 0 Å². The first-order valence-electron chi connectivity index (χ1n) is 9.02. The molecule has 0 spiro atoms. The van der Waals surface area contributed by atoms with Gasteiger partial charge in [-0.3, -0.25) is 14.5 Å². The van der Waals surface area contributed by atoms with Crippen LogP contribution < -0.4 is 10.6 Å². The Balaban J connectivity index is 1.46. The number of carbonyl (C=O) groups excluding carboxylic acids is 2. The lowest BCUT2D eigenvalue weighted by molar-refractivity contribution is -0.129. The first kappa shape index (κ1) is 15.8. The monoisotopic (exact) mass is 307 g/mol. The Bertz CT molecular complexity index is 413. The number of nitrogens with one attached hydrogen (secondary N) is 2. The Kier molecular flexibility index (Phi) is 5.34. The molecular weight excluding hydrogens is 278 g/mol. The van der Waals surface area contributed by atoms with Gasteiger partial charge in [0.25, 0.3) is 0 Å². The molecular formula is C17H29N3O2. The quantitative estimate of drug-likeness (QED) is 0.826. The van der Waals surface area contributed by atoms with Crippen molar-refractivity contribution in [3.05, 3.63) is 0 Å². The van der Waals surface area contributed by atoms with E-state index >= 15 is 0 Å². The summed E-state index contributed by atoms with van der Waals surface area (Å²) in [4.78, 5) is 26.4. The molecule has 0 unspecified atom stereocenters. The average molecular weight is 307 g/mol. The highest BCUT2D eigenvalue weighted by Gasteiger charge is 2.32. The fourth-order valence-electron chi connectivity index (χ4n) is 4.34. The topological polar surface area (TPSA) is 61.4 Å². The fraction of sp³-hybridized carbons (Fsp3) is 0.882. The normalized spacial score (nSPS) is 33.5. The summed E-state index contributed by atoms with van der Waals surface area (Å²) in [5.74, 6) is 1.67.